The topological polar surface area (TPSA) is 84.9 Å². The van der Waals surface area contributed by atoms with Crippen LogP contribution in [0.4, 0.5) is 5.00 Å². The van der Waals surface area contributed by atoms with Gasteiger partial charge in [-0.3, -0.25) is 9.59 Å². The van der Waals surface area contributed by atoms with Gasteiger partial charge in [0.05, 0.1) is 18.6 Å². The number of anilines is 1. The predicted octanol–water partition coefficient (Wildman–Crippen LogP) is 3.85. The number of thiophene rings is 1. The van der Waals surface area contributed by atoms with E-state index in [2.05, 4.69) is 5.32 Å². The molecule has 1 unspecified atom stereocenters. The first-order chi connectivity index (χ1) is 14.3. The minimum atomic E-state index is -0.607. The second-order valence-corrected chi connectivity index (χ2v) is 9.58. The normalized spacial score (nSPS) is 17.5. The number of carbonyl (C=O) groups excluding carboxylic acids is 3. The Balaban J connectivity index is 1.92. The first kappa shape index (κ1) is 22.2. The van der Waals surface area contributed by atoms with Crippen LogP contribution in [0.5, 0.6) is 5.75 Å². The van der Waals surface area contributed by atoms with E-state index < -0.39 is 16.9 Å². The Kier molecular flexibility index (Phi) is 6.72. The van der Waals surface area contributed by atoms with Crippen molar-refractivity contribution in [3.8, 4) is 16.9 Å². The van der Waals surface area contributed by atoms with Gasteiger partial charge in [-0.25, -0.2) is 4.79 Å². The maximum atomic E-state index is 12.9. The highest BCUT2D eigenvalue weighted by Gasteiger charge is 2.43. The zero-order valence-corrected chi connectivity index (χ0v) is 18.9. The number of esters is 1. The van der Waals surface area contributed by atoms with Gasteiger partial charge in [0, 0.05) is 16.7 Å². The Morgan fingerprint density at radius 3 is 2.60 bits per heavy atom. The number of carbonyl (C=O) groups is 3. The first-order valence-electron chi connectivity index (χ1n) is 9.44. The molecule has 0 radical (unpaired) electrons. The van der Waals surface area contributed by atoms with E-state index in [0.29, 0.717) is 34.0 Å². The van der Waals surface area contributed by atoms with Crippen molar-refractivity contribution in [2.24, 2.45) is 0 Å². The van der Waals surface area contributed by atoms with Gasteiger partial charge in [0.15, 0.2) is 0 Å². The Labute approximate surface area is 183 Å². The summed E-state index contributed by atoms with van der Waals surface area (Å²) in [5.41, 5.74) is 1.79. The Hall–Kier alpha value is -2.52. The van der Waals surface area contributed by atoms with Gasteiger partial charge in [-0.15, -0.1) is 23.1 Å². The van der Waals surface area contributed by atoms with Gasteiger partial charge in [-0.1, -0.05) is 12.1 Å². The first-order valence-corrected chi connectivity index (χ1v) is 11.3. The van der Waals surface area contributed by atoms with Crippen molar-refractivity contribution in [1.29, 1.82) is 0 Å². The molecule has 2 heterocycles. The highest BCUT2D eigenvalue weighted by molar-refractivity contribution is 8.00. The van der Waals surface area contributed by atoms with E-state index in [-0.39, 0.29) is 12.5 Å². The number of hydrogen-bond acceptors (Lipinski definition) is 7. The minimum Gasteiger partial charge on any atom is -0.497 e. The Bertz CT molecular complexity index is 939. The SMILES string of the molecule is CCOC(=O)c1c(-c2ccc(OC)cc2)csc1NC(=O)C1CSC(C)(C)N1C=O. The van der Waals surface area contributed by atoms with Crippen molar-refractivity contribution in [2.45, 2.75) is 31.7 Å². The maximum Gasteiger partial charge on any atom is 0.341 e. The van der Waals surface area contributed by atoms with Crippen molar-refractivity contribution in [3.05, 3.63) is 35.2 Å². The second kappa shape index (κ2) is 9.09. The average Bonchev–Trinajstić information content (AvgIpc) is 3.28. The molecule has 1 aromatic heterocycles. The maximum absolute atomic E-state index is 12.9. The third-order valence-corrected chi connectivity index (χ3v) is 7.17. The molecule has 1 aromatic carbocycles. The molecule has 0 saturated carbocycles. The van der Waals surface area contributed by atoms with Gasteiger partial charge in [-0.05, 0) is 38.5 Å². The molecule has 1 saturated heterocycles. The zero-order valence-electron chi connectivity index (χ0n) is 17.3. The third-order valence-electron chi connectivity index (χ3n) is 4.88. The van der Waals surface area contributed by atoms with Crippen LogP contribution in [0.25, 0.3) is 11.1 Å². The molecule has 0 aliphatic carbocycles. The van der Waals surface area contributed by atoms with Crippen molar-refractivity contribution in [1.82, 2.24) is 4.90 Å². The van der Waals surface area contributed by atoms with E-state index in [9.17, 15) is 14.4 Å². The van der Waals surface area contributed by atoms with Gasteiger partial charge in [0.1, 0.15) is 22.4 Å². The van der Waals surface area contributed by atoms with Gasteiger partial charge in [0.2, 0.25) is 12.3 Å². The number of hydrogen-bond donors (Lipinski definition) is 1. The fourth-order valence-electron chi connectivity index (χ4n) is 3.25. The fourth-order valence-corrected chi connectivity index (χ4v) is 5.41. The Morgan fingerprint density at radius 2 is 2.00 bits per heavy atom. The number of nitrogens with zero attached hydrogens (tertiary/aromatic N) is 1. The summed E-state index contributed by atoms with van der Waals surface area (Å²) in [7, 11) is 1.59. The van der Waals surface area contributed by atoms with Gasteiger partial charge >= 0.3 is 5.97 Å². The van der Waals surface area contributed by atoms with Crippen molar-refractivity contribution in [3.63, 3.8) is 0 Å². The van der Waals surface area contributed by atoms with Crippen molar-refractivity contribution >= 4 is 46.4 Å². The molecule has 2 amide bonds. The third kappa shape index (κ3) is 4.32. The molecule has 1 atom stereocenters. The lowest BCUT2D eigenvalue weighted by Crippen LogP contribution is -2.47. The molecule has 3 rings (SSSR count). The van der Waals surface area contributed by atoms with E-state index in [4.69, 9.17) is 9.47 Å². The lowest BCUT2D eigenvalue weighted by atomic mass is 10.0. The van der Waals surface area contributed by atoms with Crippen LogP contribution in [0.1, 0.15) is 31.1 Å². The van der Waals surface area contributed by atoms with Crippen LogP contribution < -0.4 is 10.1 Å². The fraction of sp³-hybridized carbons (Fsp3) is 0.381. The number of thioether (sulfide) groups is 1. The monoisotopic (exact) mass is 448 g/mol. The van der Waals surface area contributed by atoms with Crippen molar-refractivity contribution < 1.29 is 23.9 Å². The van der Waals surface area contributed by atoms with Gasteiger partial charge < -0.3 is 19.7 Å². The van der Waals surface area contributed by atoms with Crippen LogP contribution in [0.2, 0.25) is 0 Å². The molecule has 0 spiro atoms. The molecule has 160 valence electrons. The van der Waals surface area contributed by atoms with Crippen LogP contribution in [0, 0.1) is 0 Å². The minimum absolute atomic E-state index is 0.219. The van der Waals surface area contributed by atoms with Crippen LogP contribution in [0.15, 0.2) is 29.6 Å². The summed E-state index contributed by atoms with van der Waals surface area (Å²) in [5.74, 6) is 0.362. The molecule has 0 bridgehead atoms. The summed E-state index contributed by atoms with van der Waals surface area (Å²) in [6.45, 7) is 5.75. The molecule has 7 nitrogen and oxygen atoms in total. The van der Waals surface area contributed by atoms with Crippen LogP contribution in [-0.4, -0.2) is 53.6 Å². The highest BCUT2D eigenvalue weighted by Crippen LogP contribution is 2.40. The summed E-state index contributed by atoms with van der Waals surface area (Å²) in [5, 5.41) is 5.07. The highest BCUT2D eigenvalue weighted by atomic mass is 32.2. The van der Waals surface area contributed by atoms with E-state index >= 15 is 0 Å². The largest absolute Gasteiger partial charge is 0.497 e. The Morgan fingerprint density at radius 1 is 1.30 bits per heavy atom. The van der Waals surface area contributed by atoms with E-state index in [0.717, 1.165) is 5.56 Å². The number of ether oxygens (including phenoxy) is 2. The molecule has 9 heteroatoms. The lowest BCUT2D eigenvalue weighted by Gasteiger charge is -2.30. The molecular formula is C21H24N2O5S2. The molecule has 30 heavy (non-hydrogen) atoms. The number of amides is 2. The van der Waals surface area contributed by atoms with Crippen LogP contribution in [0.3, 0.4) is 0 Å². The van der Waals surface area contributed by atoms with Crippen LogP contribution >= 0.6 is 23.1 Å². The average molecular weight is 449 g/mol. The molecule has 1 N–H and O–H groups in total. The summed E-state index contributed by atoms with van der Waals surface area (Å²) in [6.07, 6.45) is 0.702. The molecule has 1 aliphatic heterocycles. The van der Waals surface area contributed by atoms with E-state index in [1.54, 1.807) is 26.2 Å². The number of rotatable bonds is 7. The van der Waals surface area contributed by atoms with Gasteiger partial charge in [0.25, 0.3) is 0 Å². The lowest BCUT2D eigenvalue weighted by molar-refractivity contribution is -0.130. The van der Waals surface area contributed by atoms with Crippen molar-refractivity contribution in [2.75, 3.05) is 24.8 Å². The quantitative estimate of drug-likeness (QED) is 0.512. The smallest absolute Gasteiger partial charge is 0.341 e. The molecule has 2 aromatic rings. The second-order valence-electron chi connectivity index (χ2n) is 7.08. The van der Waals surface area contributed by atoms with E-state index in [1.165, 1.54) is 28.0 Å². The van der Waals surface area contributed by atoms with Gasteiger partial charge in [-0.2, -0.15) is 0 Å². The zero-order chi connectivity index (χ0) is 21.9. The number of nitrogens with one attached hydrogen (secondary N) is 1. The molecule has 1 aliphatic rings. The summed E-state index contributed by atoms with van der Waals surface area (Å²) >= 11 is 2.79. The summed E-state index contributed by atoms with van der Waals surface area (Å²) in [4.78, 5) is 38.2. The predicted molar refractivity (Wildman–Crippen MR) is 119 cm³/mol. The van der Waals surface area contributed by atoms with E-state index in [1.807, 2.05) is 31.4 Å². The molecular weight excluding hydrogens is 424 g/mol. The number of benzene rings is 1. The standard InChI is InChI=1S/C21H24N2O5S2/c1-5-28-20(26)17-15(13-6-8-14(27-4)9-7-13)10-29-19(17)22-18(25)16-11-30-21(2,3)23(16)12-24/h6-10,12,16H,5,11H2,1-4H3,(H,22,25). The molecule has 1 fully saturated rings. The number of methoxy groups -OCH3 is 1. The summed E-state index contributed by atoms with van der Waals surface area (Å²) in [6, 6.07) is 6.70. The van der Waals surface area contributed by atoms with Crippen LogP contribution in [-0.2, 0) is 14.3 Å². The summed E-state index contributed by atoms with van der Waals surface area (Å²) < 4.78 is 10.4.